The Morgan fingerprint density at radius 1 is 0.368 bits per heavy atom. The largest absolute Gasteiger partial charge is 0.455 e. The molecular formula is C54H36N2O. The first kappa shape index (κ1) is 32.8. The van der Waals surface area contributed by atoms with Gasteiger partial charge in [0.1, 0.15) is 11.2 Å². The van der Waals surface area contributed by atoms with Crippen LogP contribution >= 0.6 is 0 Å². The molecule has 3 nitrogen and oxygen atoms in total. The molecule has 0 radical (unpaired) electrons. The molecule has 0 fully saturated rings. The van der Waals surface area contributed by atoms with Gasteiger partial charge in [0.05, 0.1) is 22.4 Å². The summed E-state index contributed by atoms with van der Waals surface area (Å²) >= 11 is 0. The first-order valence-corrected chi connectivity index (χ1v) is 19.4. The zero-order valence-corrected chi connectivity index (χ0v) is 31.1. The molecule has 0 saturated heterocycles. The van der Waals surface area contributed by atoms with E-state index < -0.39 is 0 Å². The number of rotatable bonds is 7. The molecule has 0 bridgehead atoms. The highest BCUT2D eigenvalue weighted by Gasteiger charge is 2.24. The lowest BCUT2D eigenvalue weighted by Crippen LogP contribution is -2.11. The molecule has 0 unspecified atom stereocenters. The molecule has 0 atom stereocenters. The lowest BCUT2D eigenvalue weighted by Gasteiger charge is -2.28. The number of anilines is 3. The first-order valence-electron chi connectivity index (χ1n) is 19.4. The van der Waals surface area contributed by atoms with Crippen LogP contribution in [0.2, 0.25) is 0 Å². The topological polar surface area (TPSA) is 21.3 Å². The van der Waals surface area contributed by atoms with Crippen molar-refractivity contribution in [3.05, 3.63) is 218 Å². The zero-order valence-electron chi connectivity index (χ0n) is 31.1. The summed E-state index contributed by atoms with van der Waals surface area (Å²) in [5, 5.41) is 4.64. The molecular weight excluding hydrogens is 693 g/mol. The van der Waals surface area contributed by atoms with Gasteiger partial charge in [0.25, 0.3) is 0 Å². The Bertz CT molecular complexity index is 3230. The summed E-state index contributed by atoms with van der Waals surface area (Å²) in [6, 6.07) is 78.1. The van der Waals surface area contributed by atoms with Crippen LogP contribution in [0.1, 0.15) is 0 Å². The number of benzene rings is 9. The van der Waals surface area contributed by atoms with E-state index in [0.29, 0.717) is 0 Å². The van der Waals surface area contributed by atoms with Gasteiger partial charge in [-0.3, -0.25) is 0 Å². The standard InChI is InChI=1S/C54H36N2O/c1-4-18-37(19-5-1)41-24-10-13-29-48(41)55(39-22-8-3-9-23-39)50-31-17-32-51-53(50)46-26-11-14-30-49(46)56(51)40-34-35-42(47(36-40)38-20-6-2-7-21-38)44-27-16-28-45-43-25-12-15-33-52(43)57-54(44)45/h1-36H. The van der Waals surface area contributed by atoms with Gasteiger partial charge in [-0.25, -0.2) is 0 Å². The molecule has 11 aromatic rings. The monoisotopic (exact) mass is 728 g/mol. The van der Waals surface area contributed by atoms with Crippen molar-refractivity contribution in [3.8, 4) is 39.1 Å². The average Bonchev–Trinajstić information content (AvgIpc) is 3.84. The Kier molecular flexibility index (Phi) is 7.82. The first-order chi connectivity index (χ1) is 28.3. The molecule has 57 heavy (non-hydrogen) atoms. The van der Waals surface area contributed by atoms with Crippen LogP contribution in [0.15, 0.2) is 223 Å². The summed E-state index contributed by atoms with van der Waals surface area (Å²) in [4.78, 5) is 2.42. The van der Waals surface area contributed by atoms with E-state index in [0.717, 1.165) is 78.0 Å². The van der Waals surface area contributed by atoms with Gasteiger partial charge < -0.3 is 13.9 Å². The van der Waals surface area contributed by atoms with E-state index in [4.69, 9.17) is 4.42 Å². The van der Waals surface area contributed by atoms with E-state index in [-0.39, 0.29) is 0 Å². The van der Waals surface area contributed by atoms with Crippen molar-refractivity contribution in [3.63, 3.8) is 0 Å². The third-order valence-electron chi connectivity index (χ3n) is 11.2. The van der Waals surface area contributed by atoms with E-state index in [2.05, 4.69) is 222 Å². The van der Waals surface area contributed by atoms with E-state index in [1.165, 1.54) is 21.9 Å². The van der Waals surface area contributed by atoms with Crippen LogP contribution in [0.5, 0.6) is 0 Å². The minimum absolute atomic E-state index is 0.898. The van der Waals surface area contributed by atoms with Gasteiger partial charge in [-0.15, -0.1) is 0 Å². The maximum atomic E-state index is 6.58. The minimum Gasteiger partial charge on any atom is -0.455 e. The number of aromatic nitrogens is 1. The predicted octanol–water partition coefficient (Wildman–Crippen LogP) is 15.2. The number of para-hydroxylation sites is 5. The van der Waals surface area contributed by atoms with Crippen molar-refractivity contribution in [2.24, 2.45) is 0 Å². The summed E-state index contributed by atoms with van der Waals surface area (Å²) in [5.74, 6) is 0. The molecule has 0 N–H and O–H groups in total. The summed E-state index contributed by atoms with van der Waals surface area (Å²) in [5.41, 5.74) is 15.4. The maximum Gasteiger partial charge on any atom is 0.143 e. The molecule has 0 saturated carbocycles. The van der Waals surface area contributed by atoms with Crippen molar-refractivity contribution in [2.75, 3.05) is 4.90 Å². The van der Waals surface area contributed by atoms with Gasteiger partial charge in [-0.1, -0.05) is 164 Å². The number of fused-ring (bicyclic) bond motifs is 6. The lowest BCUT2D eigenvalue weighted by atomic mass is 9.93. The van der Waals surface area contributed by atoms with Crippen molar-refractivity contribution >= 4 is 60.8 Å². The van der Waals surface area contributed by atoms with Gasteiger partial charge in [0.15, 0.2) is 0 Å². The molecule has 0 spiro atoms. The van der Waals surface area contributed by atoms with Crippen LogP contribution < -0.4 is 4.90 Å². The van der Waals surface area contributed by atoms with Gasteiger partial charge in [-0.2, -0.15) is 0 Å². The molecule has 9 aromatic carbocycles. The molecule has 0 amide bonds. The van der Waals surface area contributed by atoms with Crippen molar-refractivity contribution in [1.29, 1.82) is 0 Å². The number of furan rings is 1. The maximum absolute atomic E-state index is 6.58. The van der Waals surface area contributed by atoms with E-state index in [1.54, 1.807) is 0 Å². The fraction of sp³-hybridized carbons (Fsp3) is 0. The second kappa shape index (κ2) is 13.6. The van der Waals surface area contributed by atoms with Crippen LogP contribution in [0.3, 0.4) is 0 Å². The highest BCUT2D eigenvalue weighted by atomic mass is 16.3. The highest BCUT2D eigenvalue weighted by Crippen LogP contribution is 2.47. The van der Waals surface area contributed by atoms with Crippen LogP contribution in [-0.2, 0) is 0 Å². The number of hydrogen-bond acceptors (Lipinski definition) is 2. The number of hydrogen-bond donors (Lipinski definition) is 0. The van der Waals surface area contributed by atoms with Crippen LogP contribution in [0.25, 0.3) is 82.8 Å². The van der Waals surface area contributed by atoms with E-state index in [9.17, 15) is 0 Å². The molecule has 0 aliphatic rings. The quantitative estimate of drug-likeness (QED) is 0.163. The van der Waals surface area contributed by atoms with Gasteiger partial charge in [-0.05, 0) is 76.9 Å². The summed E-state index contributed by atoms with van der Waals surface area (Å²) in [6.45, 7) is 0. The van der Waals surface area contributed by atoms with Crippen molar-refractivity contribution in [2.45, 2.75) is 0 Å². The fourth-order valence-corrected chi connectivity index (χ4v) is 8.70. The Morgan fingerprint density at radius 2 is 0.947 bits per heavy atom. The normalized spacial score (nSPS) is 11.5. The zero-order chi connectivity index (χ0) is 37.7. The highest BCUT2D eigenvalue weighted by molar-refractivity contribution is 6.17. The SMILES string of the molecule is c1ccc(-c2cc(-n3c4ccccc4c4c(N(c5ccccc5)c5ccccc5-c5ccccc5)cccc43)ccc2-c2cccc3c2oc2ccccc23)cc1. The Morgan fingerprint density at radius 3 is 1.75 bits per heavy atom. The molecule has 2 aromatic heterocycles. The summed E-state index contributed by atoms with van der Waals surface area (Å²) < 4.78 is 9.01. The Hall–Kier alpha value is -7.62. The number of nitrogens with zero attached hydrogens (tertiary/aromatic N) is 2. The van der Waals surface area contributed by atoms with E-state index in [1.807, 2.05) is 6.07 Å². The molecule has 268 valence electrons. The molecule has 2 heterocycles. The Balaban J connectivity index is 1.17. The van der Waals surface area contributed by atoms with E-state index >= 15 is 0 Å². The molecule has 11 rings (SSSR count). The second-order valence-corrected chi connectivity index (χ2v) is 14.5. The summed E-state index contributed by atoms with van der Waals surface area (Å²) in [6.07, 6.45) is 0. The molecule has 0 aliphatic heterocycles. The van der Waals surface area contributed by atoms with Gasteiger partial charge in [0, 0.05) is 44.0 Å². The lowest BCUT2D eigenvalue weighted by molar-refractivity contribution is 0.670. The van der Waals surface area contributed by atoms with Crippen LogP contribution in [0, 0.1) is 0 Å². The summed E-state index contributed by atoms with van der Waals surface area (Å²) in [7, 11) is 0. The molecule has 0 aliphatic carbocycles. The fourth-order valence-electron chi connectivity index (χ4n) is 8.70. The smallest absolute Gasteiger partial charge is 0.143 e. The predicted molar refractivity (Wildman–Crippen MR) is 239 cm³/mol. The van der Waals surface area contributed by atoms with Crippen LogP contribution in [0.4, 0.5) is 17.1 Å². The van der Waals surface area contributed by atoms with Gasteiger partial charge in [0.2, 0.25) is 0 Å². The van der Waals surface area contributed by atoms with Crippen molar-refractivity contribution < 1.29 is 4.42 Å². The average molecular weight is 729 g/mol. The minimum atomic E-state index is 0.898. The third kappa shape index (κ3) is 5.43. The van der Waals surface area contributed by atoms with Crippen LogP contribution in [-0.4, -0.2) is 4.57 Å². The van der Waals surface area contributed by atoms with Gasteiger partial charge >= 0.3 is 0 Å². The molecule has 3 heteroatoms. The van der Waals surface area contributed by atoms with Crippen molar-refractivity contribution in [1.82, 2.24) is 4.57 Å². The Labute approximate surface area is 330 Å². The second-order valence-electron chi connectivity index (χ2n) is 14.5. The third-order valence-corrected chi connectivity index (χ3v) is 11.2.